The Morgan fingerprint density at radius 2 is 2.00 bits per heavy atom. The van der Waals surface area contributed by atoms with E-state index in [1.54, 1.807) is 0 Å². The highest BCUT2D eigenvalue weighted by atomic mass is 16.2. The van der Waals surface area contributed by atoms with E-state index in [1.807, 2.05) is 34.0 Å². The van der Waals surface area contributed by atoms with E-state index in [0.717, 1.165) is 39.0 Å². The van der Waals surface area contributed by atoms with Gasteiger partial charge < -0.3 is 14.4 Å². The fourth-order valence-electron chi connectivity index (χ4n) is 4.11. The Hall–Kier alpha value is -1.78. The number of hydrogen-bond donors (Lipinski definition) is 0. The summed E-state index contributed by atoms with van der Waals surface area (Å²) < 4.78 is 2.05. The van der Waals surface area contributed by atoms with Crippen LogP contribution in [0.5, 0.6) is 0 Å². The zero-order chi connectivity index (χ0) is 17.1. The van der Waals surface area contributed by atoms with E-state index in [2.05, 4.69) is 18.7 Å². The summed E-state index contributed by atoms with van der Waals surface area (Å²) in [4.78, 5) is 28.9. The first-order valence-electron chi connectivity index (χ1n) is 9.22. The van der Waals surface area contributed by atoms with Crippen LogP contribution in [0.2, 0.25) is 0 Å². The fourth-order valence-corrected chi connectivity index (χ4v) is 4.11. The molecule has 2 fully saturated rings. The maximum Gasteiger partial charge on any atom is 0.224 e. The molecule has 2 atom stereocenters. The van der Waals surface area contributed by atoms with Crippen molar-refractivity contribution in [3.8, 4) is 0 Å². The first kappa shape index (κ1) is 17.1. The second kappa shape index (κ2) is 7.41. The van der Waals surface area contributed by atoms with Gasteiger partial charge in [-0.3, -0.25) is 9.59 Å². The van der Waals surface area contributed by atoms with E-state index in [4.69, 9.17) is 0 Å². The van der Waals surface area contributed by atoms with Crippen LogP contribution < -0.4 is 0 Å². The molecule has 0 bridgehead atoms. The number of carbonyl (C=O) groups is 2. The molecule has 0 radical (unpaired) electrons. The molecule has 0 aromatic carbocycles. The van der Waals surface area contributed by atoms with Gasteiger partial charge in [-0.15, -0.1) is 0 Å². The third-order valence-corrected chi connectivity index (χ3v) is 5.31. The molecule has 24 heavy (non-hydrogen) atoms. The lowest BCUT2D eigenvalue weighted by molar-refractivity contribution is -0.145. The number of rotatable bonds is 5. The zero-order valence-corrected chi connectivity index (χ0v) is 14.9. The highest BCUT2D eigenvalue weighted by molar-refractivity contribution is 5.78. The minimum Gasteiger partial charge on any atom is -0.354 e. The first-order valence-corrected chi connectivity index (χ1v) is 9.22. The Kier molecular flexibility index (Phi) is 5.27. The summed E-state index contributed by atoms with van der Waals surface area (Å²) in [6.07, 6.45) is 7.05. The Morgan fingerprint density at radius 1 is 1.25 bits per heavy atom. The van der Waals surface area contributed by atoms with Crippen molar-refractivity contribution in [3.05, 3.63) is 24.5 Å². The Balaban J connectivity index is 1.56. The van der Waals surface area contributed by atoms with Crippen molar-refractivity contribution < 1.29 is 9.59 Å². The molecular weight excluding hydrogens is 302 g/mol. The van der Waals surface area contributed by atoms with Gasteiger partial charge >= 0.3 is 0 Å². The zero-order valence-electron chi connectivity index (χ0n) is 14.9. The number of likely N-dealkylation sites (tertiary alicyclic amines) is 2. The molecule has 1 aromatic rings. The number of nitrogens with zero attached hydrogens (tertiary/aromatic N) is 3. The summed E-state index contributed by atoms with van der Waals surface area (Å²) in [6, 6.07) is 4.30. The SMILES string of the molecule is CC(C)CN1C(=O)CC[C@H]2CN(C(=O)CCn3cccc3)CC[C@H]21. The highest BCUT2D eigenvalue weighted by Gasteiger charge is 2.40. The monoisotopic (exact) mass is 331 g/mol. The van der Waals surface area contributed by atoms with Crippen LogP contribution in [0.1, 0.15) is 39.5 Å². The third-order valence-electron chi connectivity index (χ3n) is 5.31. The van der Waals surface area contributed by atoms with E-state index in [1.165, 1.54) is 0 Å². The van der Waals surface area contributed by atoms with Crippen molar-refractivity contribution in [2.45, 2.75) is 52.1 Å². The maximum absolute atomic E-state index is 12.5. The van der Waals surface area contributed by atoms with Gasteiger partial charge in [-0.25, -0.2) is 0 Å². The molecule has 5 nitrogen and oxygen atoms in total. The molecule has 2 aliphatic heterocycles. The molecule has 5 heteroatoms. The average Bonchev–Trinajstić information content (AvgIpc) is 3.08. The van der Waals surface area contributed by atoms with E-state index < -0.39 is 0 Å². The molecule has 0 spiro atoms. The van der Waals surface area contributed by atoms with Crippen molar-refractivity contribution in [3.63, 3.8) is 0 Å². The standard InChI is InChI=1S/C19H29N3O2/c1-15(2)13-22-17-7-12-21(14-16(17)5-6-19(22)24)18(23)8-11-20-9-3-4-10-20/h3-4,9-10,15-17H,5-8,11-14H2,1-2H3/t16-,17+/m0/s1. The van der Waals surface area contributed by atoms with Crippen molar-refractivity contribution >= 4 is 11.8 Å². The molecular formula is C19H29N3O2. The van der Waals surface area contributed by atoms with Crippen LogP contribution in [0.15, 0.2) is 24.5 Å². The highest BCUT2D eigenvalue weighted by Crippen LogP contribution is 2.32. The molecule has 2 saturated heterocycles. The largest absolute Gasteiger partial charge is 0.354 e. The molecule has 0 N–H and O–H groups in total. The summed E-state index contributed by atoms with van der Waals surface area (Å²) in [5.74, 6) is 1.49. The molecule has 0 aliphatic carbocycles. The average molecular weight is 331 g/mol. The summed E-state index contributed by atoms with van der Waals surface area (Å²) in [6.45, 7) is 7.52. The summed E-state index contributed by atoms with van der Waals surface area (Å²) in [5, 5.41) is 0. The molecule has 1 aromatic heterocycles. The predicted molar refractivity (Wildman–Crippen MR) is 93.3 cm³/mol. The lowest BCUT2D eigenvalue weighted by Crippen LogP contribution is -2.57. The third kappa shape index (κ3) is 3.82. The lowest BCUT2D eigenvalue weighted by Gasteiger charge is -2.47. The van der Waals surface area contributed by atoms with Gasteiger partial charge in [0.15, 0.2) is 0 Å². The van der Waals surface area contributed by atoms with Gasteiger partial charge in [-0.2, -0.15) is 0 Å². The summed E-state index contributed by atoms with van der Waals surface area (Å²) in [7, 11) is 0. The van der Waals surface area contributed by atoms with Crippen molar-refractivity contribution in [1.29, 1.82) is 0 Å². The minimum atomic E-state index is 0.245. The molecule has 132 valence electrons. The van der Waals surface area contributed by atoms with Crippen LogP contribution in [0, 0.1) is 11.8 Å². The van der Waals surface area contributed by atoms with Crippen LogP contribution in [0.3, 0.4) is 0 Å². The number of aryl methyl sites for hydroxylation is 1. The van der Waals surface area contributed by atoms with E-state index >= 15 is 0 Å². The summed E-state index contributed by atoms with van der Waals surface area (Å²) in [5.41, 5.74) is 0. The van der Waals surface area contributed by atoms with Crippen molar-refractivity contribution in [1.82, 2.24) is 14.4 Å². The molecule has 0 unspecified atom stereocenters. The molecule has 2 aliphatic rings. The quantitative estimate of drug-likeness (QED) is 0.831. The second-order valence-electron chi connectivity index (χ2n) is 7.61. The molecule has 3 rings (SSSR count). The van der Waals surface area contributed by atoms with Gasteiger partial charge in [0.2, 0.25) is 11.8 Å². The van der Waals surface area contributed by atoms with Crippen molar-refractivity contribution in [2.24, 2.45) is 11.8 Å². The van der Waals surface area contributed by atoms with Crippen LogP contribution in [0.4, 0.5) is 0 Å². The van der Waals surface area contributed by atoms with Crippen molar-refractivity contribution in [2.75, 3.05) is 19.6 Å². The van der Waals surface area contributed by atoms with Gasteiger partial charge in [0, 0.05) is 57.5 Å². The molecule has 2 amide bonds. The maximum atomic E-state index is 12.5. The van der Waals surface area contributed by atoms with E-state index in [9.17, 15) is 9.59 Å². The molecule has 3 heterocycles. The Bertz CT molecular complexity index is 567. The summed E-state index contributed by atoms with van der Waals surface area (Å²) >= 11 is 0. The number of carbonyl (C=O) groups excluding carboxylic acids is 2. The van der Waals surface area contributed by atoms with Crippen LogP contribution in [-0.4, -0.2) is 51.9 Å². The van der Waals surface area contributed by atoms with Gasteiger partial charge in [0.05, 0.1) is 0 Å². The van der Waals surface area contributed by atoms with Gasteiger partial charge in [-0.05, 0) is 36.8 Å². The van der Waals surface area contributed by atoms with Gasteiger partial charge in [0.25, 0.3) is 0 Å². The van der Waals surface area contributed by atoms with Gasteiger partial charge in [0.1, 0.15) is 0 Å². The first-order chi connectivity index (χ1) is 11.5. The van der Waals surface area contributed by atoms with E-state index in [-0.39, 0.29) is 5.91 Å². The normalized spacial score (nSPS) is 24.4. The Morgan fingerprint density at radius 3 is 2.71 bits per heavy atom. The number of aromatic nitrogens is 1. The second-order valence-corrected chi connectivity index (χ2v) is 7.61. The lowest BCUT2D eigenvalue weighted by atomic mass is 9.83. The topological polar surface area (TPSA) is 45.6 Å². The Labute approximate surface area is 144 Å². The number of piperidine rings is 2. The number of amides is 2. The van der Waals surface area contributed by atoms with Gasteiger partial charge in [-0.1, -0.05) is 13.8 Å². The van der Waals surface area contributed by atoms with E-state index in [0.29, 0.717) is 36.6 Å². The minimum absolute atomic E-state index is 0.245. The molecule has 0 saturated carbocycles. The smallest absolute Gasteiger partial charge is 0.224 e. The fraction of sp³-hybridized carbons (Fsp3) is 0.684. The van der Waals surface area contributed by atoms with Crippen LogP contribution in [-0.2, 0) is 16.1 Å². The predicted octanol–water partition coefficient (Wildman–Crippen LogP) is 2.37. The number of fused-ring (bicyclic) bond motifs is 1. The van der Waals surface area contributed by atoms with Crippen LogP contribution >= 0.6 is 0 Å². The van der Waals surface area contributed by atoms with Crippen LogP contribution in [0.25, 0.3) is 0 Å². The number of hydrogen-bond acceptors (Lipinski definition) is 2.